The number of hydrogen-bond acceptors (Lipinski definition) is 2. The Hall–Kier alpha value is -3.02. The number of aryl methyl sites for hydroxylation is 1. The first kappa shape index (κ1) is 16.8. The summed E-state index contributed by atoms with van der Waals surface area (Å²) in [5.74, 6) is -1.73. The molecule has 25 heavy (non-hydrogen) atoms. The van der Waals surface area contributed by atoms with E-state index in [-0.39, 0.29) is 18.0 Å². The molecule has 3 rings (SSSR count). The molecule has 0 atom stereocenters. The number of nitrogens with zero attached hydrogens (tertiary/aromatic N) is 1. The SMILES string of the molecule is CCc1ccc(-c2[nH]ncc2C(=O)NCc2ccc(F)cc2F)cc1. The van der Waals surface area contributed by atoms with Gasteiger partial charge in [-0.25, -0.2) is 8.78 Å². The Bertz CT molecular complexity index is 888. The summed E-state index contributed by atoms with van der Waals surface area (Å²) >= 11 is 0. The first-order chi connectivity index (χ1) is 12.1. The van der Waals surface area contributed by atoms with Crippen molar-refractivity contribution in [2.24, 2.45) is 0 Å². The monoisotopic (exact) mass is 341 g/mol. The molecule has 0 saturated carbocycles. The summed E-state index contributed by atoms with van der Waals surface area (Å²) in [6.45, 7) is 2.03. The summed E-state index contributed by atoms with van der Waals surface area (Å²) in [5.41, 5.74) is 3.22. The summed E-state index contributed by atoms with van der Waals surface area (Å²) in [5, 5.41) is 9.39. The second-order valence-electron chi connectivity index (χ2n) is 5.63. The van der Waals surface area contributed by atoms with Gasteiger partial charge in [-0.1, -0.05) is 37.3 Å². The third kappa shape index (κ3) is 3.74. The van der Waals surface area contributed by atoms with E-state index in [4.69, 9.17) is 0 Å². The van der Waals surface area contributed by atoms with Gasteiger partial charge < -0.3 is 5.32 Å². The van der Waals surface area contributed by atoms with Gasteiger partial charge in [0.1, 0.15) is 11.6 Å². The van der Waals surface area contributed by atoms with Crippen LogP contribution in [0.25, 0.3) is 11.3 Å². The highest BCUT2D eigenvalue weighted by Crippen LogP contribution is 2.22. The summed E-state index contributed by atoms with van der Waals surface area (Å²) in [6, 6.07) is 11.1. The van der Waals surface area contributed by atoms with Gasteiger partial charge in [-0.2, -0.15) is 5.10 Å². The molecule has 0 spiro atoms. The van der Waals surface area contributed by atoms with Gasteiger partial charge in [0.05, 0.1) is 17.5 Å². The molecular formula is C19H17F2N3O. The average molecular weight is 341 g/mol. The van der Waals surface area contributed by atoms with Crippen LogP contribution in [0.1, 0.15) is 28.4 Å². The number of nitrogens with one attached hydrogen (secondary N) is 2. The summed E-state index contributed by atoms with van der Waals surface area (Å²) in [4.78, 5) is 12.4. The van der Waals surface area contributed by atoms with Crippen molar-refractivity contribution in [3.8, 4) is 11.3 Å². The van der Waals surface area contributed by atoms with Gasteiger partial charge in [0, 0.05) is 23.7 Å². The van der Waals surface area contributed by atoms with Crippen molar-refractivity contribution in [3.05, 3.63) is 77.0 Å². The summed E-state index contributed by atoms with van der Waals surface area (Å²) in [6.07, 6.45) is 2.36. The largest absolute Gasteiger partial charge is 0.348 e. The third-order valence-corrected chi connectivity index (χ3v) is 3.99. The minimum atomic E-state index is -0.692. The predicted molar refractivity (Wildman–Crippen MR) is 90.9 cm³/mol. The predicted octanol–water partition coefficient (Wildman–Crippen LogP) is 3.85. The second-order valence-corrected chi connectivity index (χ2v) is 5.63. The van der Waals surface area contributed by atoms with Crippen LogP contribution >= 0.6 is 0 Å². The van der Waals surface area contributed by atoms with Crippen LogP contribution in [0.2, 0.25) is 0 Å². The van der Waals surface area contributed by atoms with E-state index < -0.39 is 11.6 Å². The van der Waals surface area contributed by atoms with Crippen LogP contribution in [0.3, 0.4) is 0 Å². The van der Waals surface area contributed by atoms with Crippen LogP contribution in [0.4, 0.5) is 8.78 Å². The van der Waals surface area contributed by atoms with Crippen molar-refractivity contribution in [2.45, 2.75) is 19.9 Å². The number of H-pyrrole nitrogens is 1. The maximum Gasteiger partial charge on any atom is 0.255 e. The fourth-order valence-corrected chi connectivity index (χ4v) is 2.52. The highest BCUT2D eigenvalue weighted by atomic mass is 19.1. The van der Waals surface area contributed by atoms with Crippen molar-refractivity contribution >= 4 is 5.91 Å². The van der Waals surface area contributed by atoms with Gasteiger partial charge >= 0.3 is 0 Å². The number of benzene rings is 2. The molecule has 0 unspecified atom stereocenters. The van der Waals surface area contributed by atoms with Gasteiger partial charge in [-0.15, -0.1) is 0 Å². The Morgan fingerprint density at radius 2 is 1.92 bits per heavy atom. The van der Waals surface area contributed by atoms with Gasteiger partial charge in [-0.05, 0) is 18.1 Å². The molecule has 0 radical (unpaired) electrons. The van der Waals surface area contributed by atoms with E-state index in [2.05, 4.69) is 22.4 Å². The number of rotatable bonds is 5. The molecule has 3 aromatic rings. The Kier molecular flexibility index (Phi) is 4.88. The number of amides is 1. The molecule has 2 aromatic carbocycles. The lowest BCUT2D eigenvalue weighted by molar-refractivity contribution is 0.0951. The molecule has 0 aliphatic heterocycles. The molecule has 1 heterocycles. The van der Waals surface area contributed by atoms with E-state index >= 15 is 0 Å². The van der Waals surface area contributed by atoms with Crippen molar-refractivity contribution in [3.63, 3.8) is 0 Å². The van der Waals surface area contributed by atoms with Crippen LogP contribution < -0.4 is 5.32 Å². The molecule has 0 bridgehead atoms. The molecule has 2 N–H and O–H groups in total. The smallest absolute Gasteiger partial charge is 0.255 e. The van der Waals surface area contributed by atoms with Crippen LogP contribution in [0.5, 0.6) is 0 Å². The first-order valence-electron chi connectivity index (χ1n) is 7.93. The number of halogens is 2. The summed E-state index contributed by atoms with van der Waals surface area (Å²) in [7, 11) is 0. The lowest BCUT2D eigenvalue weighted by Gasteiger charge is -2.07. The number of aromatic amines is 1. The summed E-state index contributed by atoms with van der Waals surface area (Å²) < 4.78 is 26.6. The van der Waals surface area contributed by atoms with Crippen molar-refractivity contribution in [1.29, 1.82) is 0 Å². The number of aromatic nitrogens is 2. The molecule has 0 aliphatic rings. The Labute approximate surface area is 143 Å². The molecular weight excluding hydrogens is 324 g/mol. The third-order valence-electron chi connectivity index (χ3n) is 3.99. The minimum absolute atomic E-state index is 0.0374. The normalized spacial score (nSPS) is 10.7. The van der Waals surface area contributed by atoms with Gasteiger partial charge in [0.25, 0.3) is 5.91 Å². The molecule has 1 amide bonds. The maximum absolute atomic E-state index is 13.6. The minimum Gasteiger partial charge on any atom is -0.348 e. The first-order valence-corrected chi connectivity index (χ1v) is 7.93. The lowest BCUT2D eigenvalue weighted by Crippen LogP contribution is -2.23. The Balaban J connectivity index is 1.75. The number of hydrogen-bond donors (Lipinski definition) is 2. The molecule has 4 nitrogen and oxygen atoms in total. The van der Waals surface area contributed by atoms with Crippen LogP contribution in [-0.2, 0) is 13.0 Å². The zero-order chi connectivity index (χ0) is 17.8. The molecule has 0 aliphatic carbocycles. The number of carbonyl (C=O) groups is 1. The van der Waals surface area contributed by atoms with Gasteiger partial charge in [-0.3, -0.25) is 9.89 Å². The molecule has 128 valence electrons. The van der Waals surface area contributed by atoms with E-state index in [1.54, 1.807) is 0 Å². The average Bonchev–Trinajstić information content (AvgIpc) is 3.10. The zero-order valence-corrected chi connectivity index (χ0v) is 13.6. The van der Waals surface area contributed by atoms with E-state index in [0.717, 1.165) is 24.1 Å². The maximum atomic E-state index is 13.6. The van der Waals surface area contributed by atoms with Crippen molar-refractivity contribution in [2.75, 3.05) is 0 Å². The fourth-order valence-electron chi connectivity index (χ4n) is 2.52. The Morgan fingerprint density at radius 1 is 1.16 bits per heavy atom. The van der Waals surface area contributed by atoms with Crippen LogP contribution in [0.15, 0.2) is 48.7 Å². The van der Waals surface area contributed by atoms with Crippen LogP contribution in [-0.4, -0.2) is 16.1 Å². The fraction of sp³-hybridized carbons (Fsp3) is 0.158. The molecule has 0 saturated heterocycles. The number of carbonyl (C=O) groups excluding carboxylic acids is 1. The van der Waals surface area contributed by atoms with Crippen molar-refractivity contribution in [1.82, 2.24) is 15.5 Å². The van der Waals surface area contributed by atoms with E-state index in [9.17, 15) is 13.6 Å². The van der Waals surface area contributed by atoms with E-state index in [0.29, 0.717) is 11.3 Å². The zero-order valence-electron chi connectivity index (χ0n) is 13.6. The lowest BCUT2D eigenvalue weighted by atomic mass is 10.0. The topological polar surface area (TPSA) is 57.8 Å². The van der Waals surface area contributed by atoms with Crippen LogP contribution in [0, 0.1) is 11.6 Å². The van der Waals surface area contributed by atoms with Gasteiger partial charge in [0.2, 0.25) is 0 Å². The molecule has 0 fully saturated rings. The standard InChI is InChI=1S/C19H17F2N3O/c1-2-12-3-5-13(6-4-12)18-16(11-23-24-18)19(25)22-10-14-7-8-15(20)9-17(14)21/h3-9,11H,2,10H2,1H3,(H,22,25)(H,23,24). The second kappa shape index (κ2) is 7.25. The van der Waals surface area contributed by atoms with E-state index in [1.165, 1.54) is 17.8 Å². The highest BCUT2D eigenvalue weighted by molar-refractivity contribution is 5.99. The van der Waals surface area contributed by atoms with Crippen molar-refractivity contribution < 1.29 is 13.6 Å². The highest BCUT2D eigenvalue weighted by Gasteiger charge is 2.15. The molecule has 1 aromatic heterocycles. The Morgan fingerprint density at radius 3 is 2.60 bits per heavy atom. The quantitative estimate of drug-likeness (QED) is 0.741. The molecule has 6 heteroatoms. The van der Waals surface area contributed by atoms with E-state index in [1.807, 2.05) is 24.3 Å². The van der Waals surface area contributed by atoms with Gasteiger partial charge in [0.15, 0.2) is 0 Å².